The SMILES string of the molecule is CC(=NNC(=O)c1cccc([N+](=O)[O-])c1)c1c(O)cc(C)oc1=O. The van der Waals surface area contributed by atoms with Gasteiger partial charge >= 0.3 is 5.63 Å². The minimum atomic E-state index is -0.793. The Morgan fingerprint density at radius 2 is 2.08 bits per heavy atom. The van der Waals surface area contributed by atoms with Gasteiger partial charge in [-0.3, -0.25) is 14.9 Å². The second-order valence-corrected chi connectivity index (χ2v) is 4.85. The highest BCUT2D eigenvalue weighted by Gasteiger charge is 2.14. The molecule has 1 aromatic heterocycles. The molecule has 0 fully saturated rings. The number of nitrogens with one attached hydrogen (secondary N) is 1. The Balaban J connectivity index is 2.24. The number of nitro benzene ring substituents is 1. The van der Waals surface area contributed by atoms with Crippen LogP contribution in [0.2, 0.25) is 0 Å². The second kappa shape index (κ2) is 6.73. The predicted octanol–water partition coefficient (Wildman–Crippen LogP) is 1.72. The number of hydrogen-bond donors (Lipinski definition) is 2. The lowest BCUT2D eigenvalue weighted by molar-refractivity contribution is -0.384. The average molecular weight is 331 g/mol. The fourth-order valence-electron chi connectivity index (χ4n) is 1.94. The number of nitrogens with zero attached hydrogens (tertiary/aromatic N) is 2. The third-order valence-electron chi connectivity index (χ3n) is 3.06. The van der Waals surface area contributed by atoms with Gasteiger partial charge in [-0.05, 0) is 19.9 Å². The lowest BCUT2D eigenvalue weighted by Crippen LogP contribution is -2.21. The molecule has 1 amide bonds. The number of aryl methyl sites for hydroxylation is 1. The van der Waals surface area contributed by atoms with Crippen LogP contribution >= 0.6 is 0 Å². The molecule has 9 nitrogen and oxygen atoms in total. The molecular formula is C15H13N3O6. The van der Waals surface area contributed by atoms with Crippen molar-refractivity contribution in [3.05, 3.63) is 67.8 Å². The molecule has 124 valence electrons. The number of carbonyl (C=O) groups excluding carboxylic acids is 1. The molecule has 1 aromatic carbocycles. The van der Waals surface area contributed by atoms with Crippen LogP contribution in [0.3, 0.4) is 0 Å². The molecule has 2 aromatic rings. The van der Waals surface area contributed by atoms with Crippen molar-refractivity contribution in [3.8, 4) is 5.75 Å². The molecule has 2 N–H and O–H groups in total. The van der Waals surface area contributed by atoms with Crippen LogP contribution in [0.1, 0.15) is 28.6 Å². The van der Waals surface area contributed by atoms with E-state index >= 15 is 0 Å². The summed E-state index contributed by atoms with van der Waals surface area (Å²) in [5, 5.41) is 24.2. The predicted molar refractivity (Wildman–Crippen MR) is 84.2 cm³/mol. The van der Waals surface area contributed by atoms with Crippen LogP contribution in [-0.4, -0.2) is 21.6 Å². The number of aromatic hydroxyl groups is 1. The number of non-ortho nitro benzene ring substituents is 1. The van der Waals surface area contributed by atoms with Crippen LogP contribution in [-0.2, 0) is 0 Å². The van der Waals surface area contributed by atoms with Crippen LogP contribution in [0.15, 0.2) is 44.6 Å². The van der Waals surface area contributed by atoms with E-state index in [0.29, 0.717) is 0 Å². The third-order valence-corrected chi connectivity index (χ3v) is 3.06. The summed E-state index contributed by atoms with van der Waals surface area (Å²) in [5.41, 5.74) is 1.01. The van der Waals surface area contributed by atoms with E-state index in [0.717, 1.165) is 6.07 Å². The molecule has 0 bridgehead atoms. The molecular weight excluding hydrogens is 318 g/mol. The van der Waals surface area contributed by atoms with Gasteiger partial charge < -0.3 is 9.52 Å². The van der Waals surface area contributed by atoms with Crippen LogP contribution in [0, 0.1) is 17.0 Å². The van der Waals surface area contributed by atoms with E-state index in [1.54, 1.807) is 0 Å². The average Bonchev–Trinajstić information content (AvgIpc) is 2.51. The lowest BCUT2D eigenvalue weighted by Gasteiger charge is -2.04. The van der Waals surface area contributed by atoms with E-state index in [9.17, 15) is 24.8 Å². The van der Waals surface area contributed by atoms with Gasteiger partial charge in [0.05, 0.1) is 10.6 Å². The van der Waals surface area contributed by atoms with E-state index in [1.807, 2.05) is 0 Å². The first-order valence-corrected chi connectivity index (χ1v) is 6.72. The first-order chi connectivity index (χ1) is 11.3. The fraction of sp³-hybridized carbons (Fsp3) is 0.133. The Bertz CT molecular complexity index is 900. The Hall–Kier alpha value is -3.49. The summed E-state index contributed by atoms with van der Waals surface area (Å²) in [6.07, 6.45) is 0. The van der Waals surface area contributed by atoms with Gasteiger partial charge in [-0.1, -0.05) is 6.07 Å². The maximum Gasteiger partial charge on any atom is 0.348 e. The summed E-state index contributed by atoms with van der Waals surface area (Å²) >= 11 is 0. The zero-order chi connectivity index (χ0) is 17.9. The minimum absolute atomic E-state index is 0.0278. The molecule has 0 atom stereocenters. The largest absolute Gasteiger partial charge is 0.507 e. The summed E-state index contributed by atoms with van der Waals surface area (Å²) in [7, 11) is 0. The van der Waals surface area contributed by atoms with Crippen molar-refractivity contribution in [2.75, 3.05) is 0 Å². The van der Waals surface area contributed by atoms with Crippen LogP contribution < -0.4 is 11.1 Å². The first-order valence-electron chi connectivity index (χ1n) is 6.72. The van der Waals surface area contributed by atoms with Crippen molar-refractivity contribution in [1.82, 2.24) is 5.43 Å². The second-order valence-electron chi connectivity index (χ2n) is 4.85. The lowest BCUT2D eigenvalue weighted by atomic mass is 10.2. The molecule has 0 aliphatic heterocycles. The van der Waals surface area contributed by atoms with Gasteiger partial charge in [0.25, 0.3) is 11.6 Å². The van der Waals surface area contributed by atoms with Gasteiger partial charge in [0.2, 0.25) is 0 Å². The van der Waals surface area contributed by atoms with E-state index in [2.05, 4.69) is 10.5 Å². The van der Waals surface area contributed by atoms with E-state index in [1.165, 1.54) is 38.1 Å². The zero-order valence-electron chi connectivity index (χ0n) is 12.8. The number of benzene rings is 1. The smallest absolute Gasteiger partial charge is 0.348 e. The standard InChI is InChI=1S/C15H13N3O6/c1-8-6-12(19)13(15(21)24-8)9(2)16-17-14(20)10-4-3-5-11(7-10)18(22)23/h3-7,19H,1-2H3,(H,17,20). The summed E-state index contributed by atoms with van der Waals surface area (Å²) in [6.45, 7) is 2.90. The Morgan fingerprint density at radius 3 is 2.71 bits per heavy atom. The summed E-state index contributed by atoms with van der Waals surface area (Å²) in [5.74, 6) is -0.793. The van der Waals surface area contributed by atoms with Crippen molar-refractivity contribution in [2.45, 2.75) is 13.8 Å². The molecule has 0 radical (unpaired) electrons. The van der Waals surface area contributed by atoms with Crippen molar-refractivity contribution in [2.24, 2.45) is 5.10 Å². The molecule has 0 aliphatic rings. The first kappa shape index (κ1) is 16.9. The molecule has 0 saturated heterocycles. The van der Waals surface area contributed by atoms with Gasteiger partial charge in [0.1, 0.15) is 17.1 Å². The van der Waals surface area contributed by atoms with Crippen molar-refractivity contribution in [1.29, 1.82) is 0 Å². The normalized spacial score (nSPS) is 11.2. The van der Waals surface area contributed by atoms with Crippen LogP contribution in [0.4, 0.5) is 5.69 Å². The highest BCUT2D eigenvalue weighted by molar-refractivity contribution is 6.02. The van der Waals surface area contributed by atoms with Gasteiger partial charge in [-0.15, -0.1) is 0 Å². The van der Waals surface area contributed by atoms with E-state index < -0.39 is 16.5 Å². The Kier molecular flexibility index (Phi) is 4.73. The Morgan fingerprint density at radius 1 is 1.38 bits per heavy atom. The van der Waals surface area contributed by atoms with Gasteiger partial charge in [-0.2, -0.15) is 5.10 Å². The number of amides is 1. The molecule has 24 heavy (non-hydrogen) atoms. The number of carbonyl (C=O) groups is 1. The molecule has 0 spiro atoms. The fourth-order valence-corrected chi connectivity index (χ4v) is 1.94. The topological polar surface area (TPSA) is 135 Å². The molecule has 2 rings (SSSR count). The summed E-state index contributed by atoms with van der Waals surface area (Å²) < 4.78 is 4.86. The maximum absolute atomic E-state index is 12.0. The number of nitro groups is 1. The highest BCUT2D eigenvalue weighted by atomic mass is 16.6. The molecule has 0 saturated carbocycles. The quantitative estimate of drug-likeness (QED) is 0.497. The van der Waals surface area contributed by atoms with Crippen molar-refractivity contribution in [3.63, 3.8) is 0 Å². The van der Waals surface area contributed by atoms with Crippen LogP contribution in [0.5, 0.6) is 5.75 Å². The Labute approximate surface area is 135 Å². The maximum atomic E-state index is 12.0. The third kappa shape index (κ3) is 3.64. The van der Waals surface area contributed by atoms with E-state index in [4.69, 9.17) is 4.42 Å². The van der Waals surface area contributed by atoms with Gasteiger partial charge in [0, 0.05) is 23.8 Å². The minimum Gasteiger partial charge on any atom is -0.507 e. The molecule has 9 heteroatoms. The van der Waals surface area contributed by atoms with Crippen molar-refractivity contribution < 1.29 is 19.2 Å². The molecule has 1 heterocycles. The number of hydrazone groups is 1. The molecule has 0 aliphatic carbocycles. The molecule has 0 unspecified atom stereocenters. The van der Waals surface area contributed by atoms with Crippen molar-refractivity contribution >= 4 is 17.3 Å². The number of hydrogen-bond acceptors (Lipinski definition) is 7. The highest BCUT2D eigenvalue weighted by Crippen LogP contribution is 2.15. The van der Waals surface area contributed by atoms with Gasteiger partial charge in [-0.25, -0.2) is 10.2 Å². The number of rotatable bonds is 4. The van der Waals surface area contributed by atoms with Gasteiger partial charge in [0.15, 0.2) is 0 Å². The summed E-state index contributed by atoms with van der Waals surface area (Å²) in [4.78, 5) is 33.8. The van der Waals surface area contributed by atoms with Crippen LogP contribution in [0.25, 0.3) is 0 Å². The monoisotopic (exact) mass is 331 g/mol. The van der Waals surface area contributed by atoms with E-state index in [-0.39, 0.29) is 34.0 Å². The summed E-state index contributed by atoms with van der Waals surface area (Å²) in [6, 6.07) is 6.34. The zero-order valence-corrected chi connectivity index (χ0v) is 12.8.